The van der Waals surface area contributed by atoms with E-state index < -0.39 is 17.2 Å². The van der Waals surface area contributed by atoms with Crippen molar-refractivity contribution in [2.45, 2.75) is 48.5 Å². The van der Waals surface area contributed by atoms with E-state index in [4.69, 9.17) is 0 Å². The van der Waals surface area contributed by atoms with Crippen LogP contribution in [0.4, 0.5) is 0 Å². The van der Waals surface area contributed by atoms with Crippen LogP contribution in [-0.4, -0.2) is 0 Å². The zero-order valence-corrected chi connectivity index (χ0v) is 19.8. The molecule has 3 rings (SSSR count). The first-order valence-electron chi connectivity index (χ1n) is 10.6. The molecule has 0 saturated heterocycles. The molecule has 4 heteroatoms. The summed E-state index contributed by atoms with van der Waals surface area (Å²) in [5.41, 5.74) is 2.00. The second-order valence-corrected chi connectivity index (χ2v) is 10.7. The third kappa shape index (κ3) is 4.24. The Balaban J connectivity index is 2.34. The molecule has 0 heterocycles. The summed E-state index contributed by atoms with van der Waals surface area (Å²) in [6.45, 7) is 2.19. The van der Waals surface area contributed by atoms with Gasteiger partial charge in [-0.2, -0.15) is 0 Å². The summed E-state index contributed by atoms with van der Waals surface area (Å²) in [6.07, 6.45) is 5.03. The van der Waals surface area contributed by atoms with E-state index in [9.17, 15) is 9.13 Å². The van der Waals surface area contributed by atoms with Crippen molar-refractivity contribution in [3.8, 4) is 0 Å². The van der Waals surface area contributed by atoms with Crippen molar-refractivity contribution in [1.82, 2.24) is 0 Å². The molecule has 1 unspecified atom stereocenters. The third-order valence-electron chi connectivity index (χ3n) is 5.91. The van der Waals surface area contributed by atoms with Gasteiger partial charge in [-0.25, -0.2) is 9.13 Å². The topological polar surface area (TPSA) is 34.1 Å². The molecule has 1 atom stereocenters. The van der Waals surface area contributed by atoms with E-state index in [0.29, 0.717) is 0 Å². The maximum atomic E-state index is 13.1. The lowest BCUT2D eigenvalue weighted by Crippen LogP contribution is -2.43. The summed E-state index contributed by atoms with van der Waals surface area (Å²) in [7, 11) is -2.87. The van der Waals surface area contributed by atoms with Gasteiger partial charge in [-0.1, -0.05) is 140 Å². The van der Waals surface area contributed by atoms with Gasteiger partial charge in [-0.15, -0.1) is 0 Å². The van der Waals surface area contributed by atoms with E-state index in [1.165, 1.54) is 0 Å². The average Bonchev–Trinajstić information content (AvgIpc) is 2.80. The number of benzene rings is 3. The Kier molecular flexibility index (Phi) is 7.86. The summed E-state index contributed by atoms with van der Waals surface area (Å²) < 4.78 is 24.9. The lowest BCUT2D eigenvalue weighted by molar-refractivity contribution is 0.387. The molecule has 3 aromatic rings. The Labute approximate surface area is 188 Å². The molecule has 2 nitrogen and oxygen atoms in total. The molecule has 0 aliphatic carbocycles. The lowest BCUT2D eigenvalue weighted by Gasteiger charge is -2.45. The van der Waals surface area contributed by atoms with Crippen LogP contribution in [0.3, 0.4) is 0 Å². The van der Waals surface area contributed by atoms with Gasteiger partial charge in [0.2, 0.25) is 0 Å². The number of hydrogen-bond acceptors (Lipinski definition) is 2. The molecule has 0 N–H and O–H groups in total. The van der Waals surface area contributed by atoms with Gasteiger partial charge in [-0.3, -0.25) is 0 Å². The molecule has 0 spiro atoms. The largest absolute Gasteiger partial charge is 0.338 e. The number of alkyl halides is 1. The fourth-order valence-electron chi connectivity index (χ4n) is 4.43. The van der Waals surface area contributed by atoms with E-state index in [1.807, 2.05) is 66.7 Å². The molecule has 0 bridgehead atoms. The molecular weight excluding hydrogens is 455 g/mol. The van der Waals surface area contributed by atoms with Crippen molar-refractivity contribution < 1.29 is 9.13 Å². The van der Waals surface area contributed by atoms with Crippen molar-refractivity contribution >= 4 is 23.6 Å². The van der Waals surface area contributed by atoms with E-state index in [-0.39, 0.29) is 0 Å². The Hall–Kier alpha value is -1.96. The van der Waals surface area contributed by atoms with Gasteiger partial charge in [0, 0.05) is 0 Å². The molecule has 156 valence electrons. The molecule has 3 aromatic carbocycles. The van der Waals surface area contributed by atoms with Gasteiger partial charge in [0.15, 0.2) is 4.07 Å². The highest BCUT2D eigenvalue weighted by molar-refractivity contribution is 9.10. The van der Waals surface area contributed by atoms with Crippen LogP contribution >= 0.6 is 23.6 Å². The molecule has 0 saturated carbocycles. The highest BCUT2D eigenvalue weighted by Gasteiger charge is 2.57. The molecule has 30 heavy (non-hydrogen) atoms. The Morgan fingerprint density at radius 2 is 1.10 bits per heavy atom. The highest BCUT2D eigenvalue weighted by atomic mass is 79.9. The summed E-state index contributed by atoms with van der Waals surface area (Å²) >= 11 is 3.83. The predicted octanol–water partition coefficient (Wildman–Crippen LogP) is 8.36. The van der Waals surface area contributed by atoms with Crippen LogP contribution in [0.2, 0.25) is 0 Å². The number of unbranched alkanes of at least 4 members (excludes halogenated alkanes) is 3. The first-order chi connectivity index (χ1) is 14.6. The van der Waals surface area contributed by atoms with Crippen molar-refractivity contribution in [2.75, 3.05) is 0 Å². The Morgan fingerprint density at radius 3 is 1.50 bits per heavy atom. The summed E-state index contributed by atoms with van der Waals surface area (Å²) in [5, 5.41) is 0. The second kappa shape index (κ2) is 10.4. The minimum absolute atomic E-state index is 0.727. The molecule has 0 fully saturated rings. The summed E-state index contributed by atoms with van der Waals surface area (Å²) in [6, 6.07) is 29.7. The molecule has 0 aliphatic heterocycles. The van der Waals surface area contributed by atoms with Crippen LogP contribution < -0.4 is 0 Å². The normalized spacial score (nSPS) is 13.5. The fraction of sp³-hybridized carbons (Fsp3) is 0.308. The average molecular weight is 483 g/mol. The van der Waals surface area contributed by atoms with E-state index in [0.717, 1.165) is 48.8 Å². The monoisotopic (exact) mass is 482 g/mol. The van der Waals surface area contributed by atoms with Gasteiger partial charge in [0.1, 0.15) is 0 Å². The van der Waals surface area contributed by atoms with Crippen LogP contribution in [0.5, 0.6) is 0 Å². The van der Waals surface area contributed by atoms with Gasteiger partial charge in [-0.05, 0) is 23.1 Å². The molecule has 0 aromatic heterocycles. The van der Waals surface area contributed by atoms with Crippen LogP contribution in [0.25, 0.3) is 0 Å². The molecule has 0 radical (unpaired) electrons. The fourth-order valence-corrected chi connectivity index (χ4v) is 6.39. The van der Waals surface area contributed by atoms with Crippen LogP contribution in [0.1, 0.15) is 55.7 Å². The minimum Gasteiger partial charge on any atom is -0.235 e. The van der Waals surface area contributed by atoms with Gasteiger partial charge in [0.25, 0.3) is 0 Å². The van der Waals surface area contributed by atoms with Crippen molar-refractivity contribution in [3.05, 3.63) is 108 Å². The van der Waals surface area contributed by atoms with Crippen molar-refractivity contribution in [2.24, 2.45) is 0 Å². The first-order valence-corrected chi connectivity index (χ1v) is 12.5. The Bertz CT molecular complexity index is 940. The summed E-state index contributed by atoms with van der Waals surface area (Å²) in [5.74, 6) is 0. The predicted molar refractivity (Wildman–Crippen MR) is 128 cm³/mol. The number of hydrogen-bond donors (Lipinski definition) is 0. The SMILES string of the molecule is CCCCCCC(c1ccccc1)(c1ccccc1)C(Br)(c1ccccc1)P(=O)=O. The maximum Gasteiger partial charge on any atom is 0.338 e. The third-order valence-corrected chi connectivity index (χ3v) is 9.06. The summed E-state index contributed by atoms with van der Waals surface area (Å²) in [4.78, 5) is 0. The molecule has 0 amide bonds. The van der Waals surface area contributed by atoms with Gasteiger partial charge < -0.3 is 0 Å². The van der Waals surface area contributed by atoms with E-state index in [2.05, 4.69) is 47.1 Å². The molecular formula is C26H28BrO2P. The minimum atomic E-state index is -2.87. The quantitative estimate of drug-likeness (QED) is 0.165. The lowest BCUT2D eigenvalue weighted by atomic mass is 9.66. The van der Waals surface area contributed by atoms with Crippen LogP contribution in [-0.2, 0) is 18.6 Å². The first kappa shape index (κ1) is 22.7. The maximum absolute atomic E-state index is 13.1. The molecule has 0 aliphatic rings. The second-order valence-electron chi connectivity index (χ2n) is 7.69. The Morgan fingerprint density at radius 1 is 0.667 bits per heavy atom. The van der Waals surface area contributed by atoms with E-state index >= 15 is 0 Å². The highest BCUT2D eigenvalue weighted by Crippen LogP contribution is 2.63. The zero-order chi connectivity index (χ0) is 21.5. The van der Waals surface area contributed by atoms with Crippen molar-refractivity contribution in [1.29, 1.82) is 0 Å². The van der Waals surface area contributed by atoms with Crippen molar-refractivity contribution in [3.63, 3.8) is 0 Å². The van der Waals surface area contributed by atoms with Crippen LogP contribution in [0, 0.1) is 0 Å². The number of halogens is 1. The van der Waals surface area contributed by atoms with E-state index in [1.54, 1.807) is 0 Å². The number of rotatable bonds is 10. The smallest absolute Gasteiger partial charge is 0.235 e. The van der Waals surface area contributed by atoms with Gasteiger partial charge >= 0.3 is 7.68 Å². The van der Waals surface area contributed by atoms with Gasteiger partial charge in [0.05, 0.1) is 5.41 Å². The zero-order valence-electron chi connectivity index (χ0n) is 17.3. The van der Waals surface area contributed by atoms with Crippen LogP contribution in [0.15, 0.2) is 91.0 Å². The standard InChI is InChI=1S/C26H28BrO2P/c1-2-3-4-14-21-25(22-15-8-5-9-16-22,23-17-10-6-11-18-23)26(27,30(28)29)24-19-12-7-13-20-24/h5-13,15-20H,2-4,14,21H2,1H3.